The first kappa shape index (κ1) is 12.7. The molecule has 0 saturated heterocycles. The molecule has 0 aliphatic heterocycles. The molecule has 0 radical (unpaired) electrons. The monoisotopic (exact) mass is 241 g/mol. The van der Waals surface area contributed by atoms with Gasteiger partial charge in [-0.25, -0.2) is 0 Å². The number of aliphatic carboxylic acids is 1. The van der Waals surface area contributed by atoms with Gasteiger partial charge in [0, 0.05) is 23.1 Å². The average molecular weight is 241 g/mol. The molecule has 0 aliphatic rings. The Balaban J connectivity index is 2.33. The minimum atomic E-state index is -0.755. The average Bonchev–Trinajstić information content (AvgIpc) is 2.62. The highest BCUT2D eigenvalue weighted by Gasteiger charge is 2.02. The van der Waals surface area contributed by atoms with Crippen molar-refractivity contribution in [1.82, 2.24) is 5.32 Å². The number of hydrogen-bond donors (Lipinski definition) is 2. The molecule has 4 nitrogen and oxygen atoms in total. The highest BCUT2D eigenvalue weighted by molar-refractivity contribution is 7.11. The van der Waals surface area contributed by atoms with Gasteiger partial charge >= 0.3 is 5.97 Å². The zero-order chi connectivity index (χ0) is 12.0. The molecule has 0 saturated carbocycles. The SMILES string of the molecule is CC(=O)NCc1ccc(CCCC(=O)O)s1. The van der Waals surface area contributed by atoms with Crippen molar-refractivity contribution in [3.63, 3.8) is 0 Å². The molecule has 0 unspecified atom stereocenters. The molecule has 1 aromatic heterocycles. The number of carbonyl (C=O) groups excluding carboxylic acids is 1. The maximum Gasteiger partial charge on any atom is 0.303 e. The van der Waals surface area contributed by atoms with Crippen LogP contribution in [0, 0.1) is 0 Å². The van der Waals surface area contributed by atoms with E-state index in [-0.39, 0.29) is 12.3 Å². The molecule has 1 rings (SSSR count). The molecule has 88 valence electrons. The van der Waals surface area contributed by atoms with Crippen LogP contribution in [-0.4, -0.2) is 17.0 Å². The van der Waals surface area contributed by atoms with Gasteiger partial charge in [0.1, 0.15) is 0 Å². The fourth-order valence-corrected chi connectivity index (χ4v) is 2.28. The highest BCUT2D eigenvalue weighted by atomic mass is 32.1. The van der Waals surface area contributed by atoms with Crippen LogP contribution in [-0.2, 0) is 22.6 Å². The quantitative estimate of drug-likeness (QED) is 0.798. The number of hydrogen-bond acceptors (Lipinski definition) is 3. The molecule has 0 aromatic carbocycles. The Labute approximate surface area is 98.3 Å². The molecule has 0 atom stereocenters. The lowest BCUT2D eigenvalue weighted by molar-refractivity contribution is -0.137. The molecule has 0 bridgehead atoms. The summed E-state index contributed by atoms with van der Waals surface area (Å²) in [6.07, 6.45) is 1.66. The van der Waals surface area contributed by atoms with E-state index in [0.29, 0.717) is 13.0 Å². The molecule has 0 fully saturated rings. The van der Waals surface area contributed by atoms with Crippen LogP contribution in [0.3, 0.4) is 0 Å². The van der Waals surface area contributed by atoms with E-state index in [1.54, 1.807) is 11.3 Å². The smallest absolute Gasteiger partial charge is 0.303 e. The topological polar surface area (TPSA) is 66.4 Å². The van der Waals surface area contributed by atoms with Crippen LogP contribution in [0.25, 0.3) is 0 Å². The Hall–Kier alpha value is -1.36. The summed E-state index contributed by atoms with van der Waals surface area (Å²) in [5.41, 5.74) is 0. The van der Waals surface area contributed by atoms with Gasteiger partial charge in [0.25, 0.3) is 0 Å². The largest absolute Gasteiger partial charge is 0.481 e. The summed E-state index contributed by atoms with van der Waals surface area (Å²) in [5, 5.41) is 11.2. The maximum atomic E-state index is 10.7. The number of rotatable bonds is 6. The molecule has 0 spiro atoms. The predicted molar refractivity (Wildman–Crippen MR) is 62.4 cm³/mol. The predicted octanol–water partition coefficient (Wildman–Crippen LogP) is 1.79. The minimum absolute atomic E-state index is 0.0409. The van der Waals surface area contributed by atoms with Gasteiger partial charge in [-0.2, -0.15) is 0 Å². The third-order valence-electron chi connectivity index (χ3n) is 2.04. The summed E-state index contributed by atoms with van der Waals surface area (Å²) in [6, 6.07) is 3.96. The Kier molecular flexibility index (Phi) is 4.98. The number of carbonyl (C=O) groups is 2. The third-order valence-corrected chi connectivity index (χ3v) is 3.19. The van der Waals surface area contributed by atoms with E-state index in [1.807, 2.05) is 12.1 Å². The van der Waals surface area contributed by atoms with Crippen LogP contribution in [0.1, 0.15) is 29.5 Å². The van der Waals surface area contributed by atoms with Crippen molar-refractivity contribution >= 4 is 23.2 Å². The Morgan fingerprint density at radius 2 is 2.06 bits per heavy atom. The first-order chi connectivity index (χ1) is 7.58. The minimum Gasteiger partial charge on any atom is -0.481 e. The van der Waals surface area contributed by atoms with E-state index in [4.69, 9.17) is 5.11 Å². The van der Waals surface area contributed by atoms with Crippen LogP contribution >= 0.6 is 11.3 Å². The Bertz CT molecular complexity index is 373. The van der Waals surface area contributed by atoms with E-state index in [0.717, 1.165) is 11.3 Å². The van der Waals surface area contributed by atoms with E-state index < -0.39 is 5.97 Å². The summed E-state index contributed by atoms with van der Waals surface area (Å²) in [4.78, 5) is 23.3. The van der Waals surface area contributed by atoms with Crippen molar-refractivity contribution in [3.8, 4) is 0 Å². The van der Waals surface area contributed by atoms with Gasteiger partial charge in [0.05, 0.1) is 6.54 Å². The molecule has 5 heteroatoms. The lowest BCUT2D eigenvalue weighted by Crippen LogP contribution is -2.17. The van der Waals surface area contributed by atoms with Crippen molar-refractivity contribution in [2.75, 3.05) is 0 Å². The number of carboxylic acids is 1. The van der Waals surface area contributed by atoms with Crippen LogP contribution in [0.15, 0.2) is 12.1 Å². The molecular weight excluding hydrogens is 226 g/mol. The maximum absolute atomic E-state index is 10.7. The van der Waals surface area contributed by atoms with Crippen molar-refractivity contribution in [2.45, 2.75) is 32.7 Å². The van der Waals surface area contributed by atoms with Gasteiger partial charge in [-0.3, -0.25) is 9.59 Å². The van der Waals surface area contributed by atoms with E-state index in [2.05, 4.69) is 5.32 Å². The van der Waals surface area contributed by atoms with Crippen molar-refractivity contribution < 1.29 is 14.7 Å². The highest BCUT2D eigenvalue weighted by Crippen LogP contribution is 2.18. The van der Waals surface area contributed by atoms with Gasteiger partial charge in [0.2, 0.25) is 5.91 Å². The fourth-order valence-electron chi connectivity index (χ4n) is 1.28. The number of carboxylic acid groups (broad SMARTS) is 1. The fraction of sp³-hybridized carbons (Fsp3) is 0.455. The van der Waals surface area contributed by atoms with E-state index >= 15 is 0 Å². The van der Waals surface area contributed by atoms with Gasteiger partial charge in [-0.05, 0) is 25.0 Å². The summed E-state index contributed by atoms with van der Waals surface area (Å²) < 4.78 is 0. The number of amides is 1. The summed E-state index contributed by atoms with van der Waals surface area (Å²) >= 11 is 1.62. The van der Waals surface area contributed by atoms with Crippen LogP contribution in [0.4, 0.5) is 0 Å². The molecule has 1 heterocycles. The van der Waals surface area contributed by atoms with E-state index in [9.17, 15) is 9.59 Å². The normalized spacial score (nSPS) is 10.1. The number of thiophene rings is 1. The summed E-state index contributed by atoms with van der Waals surface area (Å²) in [5.74, 6) is -0.796. The van der Waals surface area contributed by atoms with Gasteiger partial charge < -0.3 is 10.4 Å². The van der Waals surface area contributed by atoms with Crippen LogP contribution in [0.5, 0.6) is 0 Å². The number of nitrogens with one attached hydrogen (secondary N) is 1. The standard InChI is InChI=1S/C11H15NO3S/c1-8(13)12-7-10-6-5-9(16-10)3-2-4-11(14)15/h5-6H,2-4,7H2,1H3,(H,12,13)(H,14,15). The van der Waals surface area contributed by atoms with Crippen molar-refractivity contribution in [3.05, 3.63) is 21.9 Å². The second kappa shape index (κ2) is 6.27. The zero-order valence-corrected chi connectivity index (χ0v) is 9.97. The summed E-state index contributed by atoms with van der Waals surface area (Å²) in [7, 11) is 0. The van der Waals surface area contributed by atoms with Crippen molar-refractivity contribution in [1.29, 1.82) is 0 Å². The first-order valence-corrected chi connectivity index (χ1v) is 5.93. The van der Waals surface area contributed by atoms with Gasteiger partial charge in [-0.1, -0.05) is 0 Å². The lowest BCUT2D eigenvalue weighted by Gasteiger charge is -1.97. The molecule has 1 aromatic rings. The van der Waals surface area contributed by atoms with Crippen molar-refractivity contribution in [2.24, 2.45) is 0 Å². The molecule has 2 N–H and O–H groups in total. The second-order valence-corrected chi connectivity index (χ2v) is 4.78. The van der Waals surface area contributed by atoms with Gasteiger partial charge in [0.15, 0.2) is 0 Å². The first-order valence-electron chi connectivity index (χ1n) is 5.12. The molecule has 16 heavy (non-hydrogen) atoms. The molecule has 0 aliphatic carbocycles. The second-order valence-electron chi connectivity index (χ2n) is 3.53. The zero-order valence-electron chi connectivity index (χ0n) is 9.16. The van der Waals surface area contributed by atoms with Gasteiger partial charge in [-0.15, -0.1) is 11.3 Å². The van der Waals surface area contributed by atoms with Crippen LogP contribution in [0.2, 0.25) is 0 Å². The van der Waals surface area contributed by atoms with E-state index in [1.165, 1.54) is 11.8 Å². The molecule has 1 amide bonds. The Morgan fingerprint density at radius 1 is 1.38 bits per heavy atom. The lowest BCUT2D eigenvalue weighted by atomic mass is 10.2. The summed E-state index contributed by atoms with van der Waals surface area (Å²) in [6.45, 7) is 2.04. The van der Waals surface area contributed by atoms with Crippen LogP contribution < -0.4 is 5.32 Å². The Morgan fingerprint density at radius 3 is 2.69 bits per heavy atom. The third kappa shape index (κ3) is 4.93. The number of aryl methyl sites for hydroxylation is 1. The molecular formula is C11H15NO3S.